The SMILES string of the molecule is O=C(CN1CC[C@H](c2ccccc2)C1)N1CCC2(CCOCC2)CC1. The lowest BCUT2D eigenvalue weighted by atomic mass is 9.72. The van der Waals surface area contributed by atoms with Crippen LogP contribution in [0.15, 0.2) is 30.3 Å². The fourth-order valence-electron chi connectivity index (χ4n) is 4.80. The number of piperidine rings is 1. The zero-order valence-electron chi connectivity index (χ0n) is 15.2. The molecule has 4 rings (SSSR count). The second-order valence-electron chi connectivity index (χ2n) is 8.12. The standard InChI is InChI=1S/C21H30N2O2/c24-20(23-12-7-21(8-13-23)9-14-25-15-10-21)17-22-11-6-19(16-22)18-4-2-1-3-5-18/h1-5,19H,6-17H2/t19-/m0/s1. The van der Waals surface area contributed by atoms with E-state index in [-0.39, 0.29) is 0 Å². The minimum absolute atomic E-state index is 0.329. The molecule has 3 saturated heterocycles. The first-order valence-electron chi connectivity index (χ1n) is 9.87. The van der Waals surface area contributed by atoms with Crippen LogP contribution >= 0.6 is 0 Å². The van der Waals surface area contributed by atoms with Gasteiger partial charge in [0.1, 0.15) is 0 Å². The number of likely N-dealkylation sites (tertiary alicyclic amines) is 2. The van der Waals surface area contributed by atoms with E-state index in [0.29, 0.717) is 23.8 Å². The molecular weight excluding hydrogens is 312 g/mol. The van der Waals surface area contributed by atoms with Gasteiger partial charge in [-0.15, -0.1) is 0 Å². The van der Waals surface area contributed by atoms with E-state index in [1.54, 1.807) is 0 Å². The molecule has 1 amide bonds. The molecule has 25 heavy (non-hydrogen) atoms. The molecule has 0 aromatic heterocycles. The average molecular weight is 342 g/mol. The van der Waals surface area contributed by atoms with Gasteiger partial charge in [0.25, 0.3) is 0 Å². The van der Waals surface area contributed by atoms with Gasteiger partial charge in [0.2, 0.25) is 5.91 Å². The first kappa shape index (κ1) is 17.0. The average Bonchev–Trinajstić information content (AvgIpc) is 3.12. The van der Waals surface area contributed by atoms with E-state index in [2.05, 4.69) is 40.1 Å². The summed E-state index contributed by atoms with van der Waals surface area (Å²) in [5, 5.41) is 0. The smallest absolute Gasteiger partial charge is 0.236 e. The summed E-state index contributed by atoms with van der Waals surface area (Å²) in [5.41, 5.74) is 1.87. The molecule has 0 aliphatic carbocycles. The van der Waals surface area contributed by atoms with E-state index in [0.717, 1.165) is 52.2 Å². The number of hydrogen-bond donors (Lipinski definition) is 0. The molecule has 0 N–H and O–H groups in total. The van der Waals surface area contributed by atoms with Crippen molar-refractivity contribution in [2.45, 2.75) is 38.0 Å². The topological polar surface area (TPSA) is 32.8 Å². The van der Waals surface area contributed by atoms with Gasteiger partial charge in [0.15, 0.2) is 0 Å². The van der Waals surface area contributed by atoms with Gasteiger partial charge in [-0.3, -0.25) is 9.69 Å². The molecule has 0 saturated carbocycles. The van der Waals surface area contributed by atoms with E-state index < -0.39 is 0 Å². The summed E-state index contributed by atoms with van der Waals surface area (Å²) in [6.07, 6.45) is 5.85. The van der Waals surface area contributed by atoms with Crippen molar-refractivity contribution < 1.29 is 9.53 Å². The number of ether oxygens (including phenoxy) is 1. The summed E-state index contributed by atoms with van der Waals surface area (Å²) in [6.45, 7) is 6.35. The van der Waals surface area contributed by atoms with E-state index in [1.807, 2.05) is 0 Å². The van der Waals surface area contributed by atoms with Crippen molar-refractivity contribution in [1.29, 1.82) is 0 Å². The molecule has 1 atom stereocenters. The maximum Gasteiger partial charge on any atom is 0.236 e. The van der Waals surface area contributed by atoms with Crippen molar-refractivity contribution in [2.75, 3.05) is 45.9 Å². The molecule has 0 bridgehead atoms. The monoisotopic (exact) mass is 342 g/mol. The zero-order chi connectivity index (χ0) is 17.1. The quantitative estimate of drug-likeness (QED) is 0.847. The Balaban J connectivity index is 1.26. The normalized spacial score (nSPS) is 26.9. The summed E-state index contributed by atoms with van der Waals surface area (Å²) in [7, 11) is 0. The molecule has 4 nitrogen and oxygen atoms in total. The van der Waals surface area contributed by atoms with Crippen LogP contribution in [0.5, 0.6) is 0 Å². The molecule has 1 aromatic carbocycles. The Bertz CT molecular complexity index is 573. The number of rotatable bonds is 3. The van der Waals surface area contributed by atoms with Gasteiger partial charge in [-0.05, 0) is 55.5 Å². The molecule has 3 aliphatic heterocycles. The van der Waals surface area contributed by atoms with Crippen LogP contribution in [0.4, 0.5) is 0 Å². The van der Waals surface area contributed by atoms with Crippen LogP contribution in [0.1, 0.15) is 43.6 Å². The second kappa shape index (κ2) is 7.46. The Kier molecular flexibility index (Phi) is 5.09. The highest BCUT2D eigenvalue weighted by molar-refractivity contribution is 5.78. The lowest BCUT2D eigenvalue weighted by molar-refractivity contribution is -0.135. The van der Waals surface area contributed by atoms with Crippen molar-refractivity contribution >= 4 is 5.91 Å². The highest BCUT2D eigenvalue weighted by Gasteiger charge is 2.37. The Hall–Kier alpha value is -1.39. The molecule has 0 unspecified atom stereocenters. The van der Waals surface area contributed by atoms with E-state index >= 15 is 0 Å². The highest BCUT2D eigenvalue weighted by atomic mass is 16.5. The van der Waals surface area contributed by atoms with Crippen LogP contribution in [-0.4, -0.2) is 61.6 Å². The first-order chi connectivity index (χ1) is 12.2. The number of benzene rings is 1. The molecule has 136 valence electrons. The van der Waals surface area contributed by atoms with E-state index in [4.69, 9.17) is 4.74 Å². The first-order valence-corrected chi connectivity index (χ1v) is 9.87. The summed E-state index contributed by atoms with van der Waals surface area (Å²) in [5.74, 6) is 0.913. The van der Waals surface area contributed by atoms with Crippen molar-refractivity contribution in [1.82, 2.24) is 9.80 Å². The second-order valence-corrected chi connectivity index (χ2v) is 8.12. The summed E-state index contributed by atoms with van der Waals surface area (Å²) in [4.78, 5) is 17.2. The van der Waals surface area contributed by atoms with Gasteiger partial charge in [0.05, 0.1) is 6.54 Å². The maximum atomic E-state index is 12.7. The number of amides is 1. The third-order valence-corrected chi connectivity index (χ3v) is 6.63. The predicted molar refractivity (Wildman–Crippen MR) is 98.5 cm³/mol. The number of carbonyl (C=O) groups is 1. The van der Waals surface area contributed by atoms with Gasteiger partial charge in [-0.25, -0.2) is 0 Å². The fraction of sp³-hybridized carbons (Fsp3) is 0.667. The number of nitrogens with zero attached hydrogens (tertiary/aromatic N) is 2. The van der Waals surface area contributed by atoms with Gasteiger partial charge in [-0.2, -0.15) is 0 Å². The third kappa shape index (κ3) is 3.90. The maximum absolute atomic E-state index is 12.7. The molecule has 3 aliphatic rings. The molecule has 1 aromatic rings. The molecule has 0 radical (unpaired) electrons. The summed E-state index contributed by atoms with van der Waals surface area (Å²) >= 11 is 0. The zero-order valence-corrected chi connectivity index (χ0v) is 15.2. The summed E-state index contributed by atoms with van der Waals surface area (Å²) in [6, 6.07) is 10.7. The van der Waals surface area contributed by atoms with Crippen LogP contribution in [0, 0.1) is 5.41 Å². The van der Waals surface area contributed by atoms with Crippen molar-refractivity contribution in [3.63, 3.8) is 0 Å². The molecule has 4 heteroatoms. The van der Waals surface area contributed by atoms with E-state index in [1.165, 1.54) is 24.8 Å². The molecular formula is C21H30N2O2. The van der Waals surface area contributed by atoms with Crippen LogP contribution in [0.3, 0.4) is 0 Å². The minimum atomic E-state index is 0.329. The van der Waals surface area contributed by atoms with Crippen LogP contribution < -0.4 is 0 Å². The molecule has 1 spiro atoms. The fourth-order valence-corrected chi connectivity index (χ4v) is 4.80. The molecule has 3 fully saturated rings. The lowest BCUT2D eigenvalue weighted by Crippen LogP contribution is -2.48. The molecule has 3 heterocycles. The Morgan fingerprint density at radius 3 is 2.48 bits per heavy atom. The Labute approximate surface area is 151 Å². The number of hydrogen-bond acceptors (Lipinski definition) is 3. The van der Waals surface area contributed by atoms with Gasteiger partial charge >= 0.3 is 0 Å². The Morgan fingerprint density at radius 1 is 1.04 bits per heavy atom. The van der Waals surface area contributed by atoms with Crippen LogP contribution in [0.2, 0.25) is 0 Å². The minimum Gasteiger partial charge on any atom is -0.381 e. The van der Waals surface area contributed by atoms with E-state index in [9.17, 15) is 4.79 Å². The van der Waals surface area contributed by atoms with Crippen molar-refractivity contribution in [2.24, 2.45) is 5.41 Å². The Morgan fingerprint density at radius 2 is 1.76 bits per heavy atom. The van der Waals surface area contributed by atoms with Gasteiger partial charge in [0, 0.05) is 32.8 Å². The highest BCUT2D eigenvalue weighted by Crippen LogP contribution is 2.40. The third-order valence-electron chi connectivity index (χ3n) is 6.63. The van der Waals surface area contributed by atoms with Gasteiger partial charge < -0.3 is 9.64 Å². The van der Waals surface area contributed by atoms with Crippen LogP contribution in [-0.2, 0) is 9.53 Å². The largest absolute Gasteiger partial charge is 0.381 e. The predicted octanol–water partition coefficient (Wildman–Crippen LogP) is 2.90. The van der Waals surface area contributed by atoms with Crippen molar-refractivity contribution in [3.8, 4) is 0 Å². The van der Waals surface area contributed by atoms with Crippen molar-refractivity contribution in [3.05, 3.63) is 35.9 Å². The number of carbonyl (C=O) groups excluding carboxylic acids is 1. The van der Waals surface area contributed by atoms with Gasteiger partial charge in [-0.1, -0.05) is 30.3 Å². The summed E-state index contributed by atoms with van der Waals surface area (Å²) < 4.78 is 5.52. The van der Waals surface area contributed by atoms with Crippen LogP contribution in [0.25, 0.3) is 0 Å². The lowest BCUT2D eigenvalue weighted by Gasteiger charge is -2.44.